The predicted octanol–water partition coefficient (Wildman–Crippen LogP) is 1.87. The number of hydrogen-bond donors (Lipinski definition) is 0. The zero-order chi connectivity index (χ0) is 9.19. The topological polar surface area (TPSA) is 38.5 Å². The smallest absolute Gasteiger partial charge is 0.297 e. The van der Waals surface area contributed by atoms with E-state index in [4.69, 9.17) is 9.05 Å². The van der Waals surface area contributed by atoms with Gasteiger partial charge in [0.25, 0.3) is 0 Å². The minimum absolute atomic E-state index is 0.342. The van der Waals surface area contributed by atoms with Gasteiger partial charge in [-0.25, -0.2) is 9.24 Å². The monoisotopic (exact) mass is 193 g/mol. The quantitative estimate of drug-likeness (QED) is 0.493. The summed E-state index contributed by atoms with van der Waals surface area (Å²) in [5.74, 6) is 0. The standard InChI is InChI=1S/C7H16NO3P/c1-4-10-12(9,11-5-2)8-6-7(8)3/h7H,4-6H2,1-3H3. The normalized spacial score (nSPS) is 28.9. The Morgan fingerprint density at radius 2 is 1.83 bits per heavy atom. The average molecular weight is 193 g/mol. The average Bonchev–Trinajstić information content (AvgIpc) is 2.68. The van der Waals surface area contributed by atoms with Gasteiger partial charge in [-0.2, -0.15) is 0 Å². The first-order valence-electron chi connectivity index (χ1n) is 4.30. The molecule has 12 heavy (non-hydrogen) atoms. The van der Waals surface area contributed by atoms with Crippen LogP contribution in [0.4, 0.5) is 0 Å². The van der Waals surface area contributed by atoms with Crippen LogP contribution < -0.4 is 0 Å². The first-order chi connectivity index (χ1) is 5.64. The summed E-state index contributed by atoms with van der Waals surface area (Å²) in [6, 6.07) is 0.342. The van der Waals surface area contributed by atoms with E-state index < -0.39 is 7.75 Å². The van der Waals surface area contributed by atoms with Crippen LogP contribution in [0, 0.1) is 0 Å². The summed E-state index contributed by atoms with van der Waals surface area (Å²) < 4.78 is 23.9. The van der Waals surface area contributed by atoms with Crippen molar-refractivity contribution in [2.45, 2.75) is 26.8 Å². The molecule has 0 radical (unpaired) electrons. The van der Waals surface area contributed by atoms with Crippen LogP contribution >= 0.6 is 7.75 Å². The van der Waals surface area contributed by atoms with E-state index in [-0.39, 0.29) is 0 Å². The largest absolute Gasteiger partial charge is 0.408 e. The molecule has 5 heteroatoms. The molecule has 4 nitrogen and oxygen atoms in total. The second-order valence-electron chi connectivity index (χ2n) is 2.78. The van der Waals surface area contributed by atoms with Crippen LogP contribution in [0.25, 0.3) is 0 Å². The van der Waals surface area contributed by atoms with Crippen molar-refractivity contribution in [3.63, 3.8) is 0 Å². The van der Waals surface area contributed by atoms with Crippen LogP contribution in [0.3, 0.4) is 0 Å². The van der Waals surface area contributed by atoms with E-state index in [0.29, 0.717) is 19.3 Å². The molecule has 0 aliphatic carbocycles. The molecule has 1 saturated heterocycles. The van der Waals surface area contributed by atoms with E-state index in [0.717, 1.165) is 6.54 Å². The lowest BCUT2D eigenvalue weighted by molar-refractivity contribution is 0.195. The van der Waals surface area contributed by atoms with Gasteiger partial charge in [0.2, 0.25) is 0 Å². The Bertz CT molecular complexity index is 187. The molecule has 72 valence electrons. The maximum Gasteiger partial charge on any atom is 0.408 e. The third kappa shape index (κ3) is 2.07. The van der Waals surface area contributed by atoms with Crippen molar-refractivity contribution < 1.29 is 13.6 Å². The molecule has 0 bridgehead atoms. The Morgan fingerprint density at radius 3 is 2.08 bits per heavy atom. The van der Waals surface area contributed by atoms with E-state index in [9.17, 15) is 4.57 Å². The lowest BCUT2D eigenvalue weighted by atomic mass is 10.6. The van der Waals surface area contributed by atoms with Crippen molar-refractivity contribution in [1.29, 1.82) is 0 Å². The molecule has 0 saturated carbocycles. The summed E-state index contributed by atoms with van der Waals surface area (Å²) in [6.45, 7) is 7.32. The summed E-state index contributed by atoms with van der Waals surface area (Å²) in [5.41, 5.74) is 0. The van der Waals surface area contributed by atoms with Crippen LogP contribution in [0.2, 0.25) is 0 Å². The Hall–Kier alpha value is 0.110. The third-order valence-electron chi connectivity index (χ3n) is 1.73. The van der Waals surface area contributed by atoms with Gasteiger partial charge in [-0.05, 0) is 20.8 Å². The Balaban J connectivity index is 2.53. The molecule has 0 aromatic heterocycles. The molecule has 1 fully saturated rings. The molecule has 0 amide bonds. The predicted molar refractivity (Wildman–Crippen MR) is 47.0 cm³/mol. The second-order valence-corrected chi connectivity index (χ2v) is 4.74. The second kappa shape index (κ2) is 3.88. The van der Waals surface area contributed by atoms with E-state index in [1.54, 1.807) is 4.67 Å². The van der Waals surface area contributed by atoms with Crippen LogP contribution in [-0.4, -0.2) is 30.5 Å². The Labute approximate surface area is 73.4 Å². The maximum atomic E-state index is 11.9. The molecule has 1 aliphatic heterocycles. The van der Waals surface area contributed by atoms with E-state index >= 15 is 0 Å². The summed E-state index contributed by atoms with van der Waals surface area (Å²) in [6.07, 6.45) is 0. The van der Waals surface area contributed by atoms with Gasteiger partial charge < -0.3 is 0 Å². The Kier molecular flexibility index (Phi) is 3.29. The van der Waals surface area contributed by atoms with Crippen molar-refractivity contribution in [3.8, 4) is 0 Å². The van der Waals surface area contributed by atoms with Gasteiger partial charge in [0, 0.05) is 12.6 Å². The molecular weight excluding hydrogens is 177 g/mol. The fourth-order valence-electron chi connectivity index (χ4n) is 1.08. The van der Waals surface area contributed by atoms with Gasteiger partial charge >= 0.3 is 7.75 Å². The van der Waals surface area contributed by atoms with Crippen molar-refractivity contribution >= 4 is 7.75 Å². The lowest BCUT2D eigenvalue weighted by Crippen LogP contribution is -2.05. The van der Waals surface area contributed by atoms with Crippen molar-refractivity contribution in [3.05, 3.63) is 0 Å². The Morgan fingerprint density at radius 1 is 1.42 bits per heavy atom. The molecule has 0 spiro atoms. The third-order valence-corrected chi connectivity index (χ3v) is 4.08. The first kappa shape index (κ1) is 10.2. The summed E-state index contributed by atoms with van der Waals surface area (Å²) in [4.78, 5) is 0. The van der Waals surface area contributed by atoms with Crippen LogP contribution in [0.15, 0.2) is 0 Å². The molecule has 0 N–H and O–H groups in total. The van der Waals surface area contributed by atoms with Gasteiger partial charge in [0.1, 0.15) is 0 Å². The summed E-state index contributed by atoms with van der Waals surface area (Å²) in [7, 11) is -2.90. The van der Waals surface area contributed by atoms with Crippen molar-refractivity contribution in [2.24, 2.45) is 0 Å². The van der Waals surface area contributed by atoms with Gasteiger partial charge in [-0.15, -0.1) is 0 Å². The summed E-state index contributed by atoms with van der Waals surface area (Å²) >= 11 is 0. The molecule has 1 heterocycles. The van der Waals surface area contributed by atoms with E-state index in [2.05, 4.69) is 0 Å². The van der Waals surface area contributed by atoms with Crippen molar-refractivity contribution in [2.75, 3.05) is 19.8 Å². The molecule has 2 unspecified atom stereocenters. The zero-order valence-corrected chi connectivity index (χ0v) is 8.71. The molecule has 1 aliphatic rings. The van der Waals surface area contributed by atoms with Crippen LogP contribution in [0.5, 0.6) is 0 Å². The molecule has 2 atom stereocenters. The highest BCUT2D eigenvalue weighted by molar-refractivity contribution is 7.51. The molecular formula is C7H16NO3P. The number of hydrogen-bond acceptors (Lipinski definition) is 3. The minimum Gasteiger partial charge on any atom is -0.297 e. The molecule has 1 rings (SSSR count). The first-order valence-corrected chi connectivity index (χ1v) is 5.79. The van der Waals surface area contributed by atoms with Gasteiger partial charge in [0.15, 0.2) is 0 Å². The SMILES string of the molecule is CCOP(=O)(OCC)N1CC1C. The fourth-order valence-corrected chi connectivity index (χ4v) is 3.02. The van der Waals surface area contributed by atoms with Crippen LogP contribution in [-0.2, 0) is 13.6 Å². The molecule has 0 aromatic rings. The van der Waals surface area contributed by atoms with Crippen LogP contribution in [0.1, 0.15) is 20.8 Å². The highest BCUT2D eigenvalue weighted by atomic mass is 31.2. The highest BCUT2D eigenvalue weighted by Gasteiger charge is 2.46. The maximum absolute atomic E-state index is 11.9. The van der Waals surface area contributed by atoms with Gasteiger partial charge in [0.05, 0.1) is 13.2 Å². The minimum atomic E-state index is -2.90. The lowest BCUT2D eigenvalue weighted by Gasteiger charge is -2.17. The van der Waals surface area contributed by atoms with Gasteiger partial charge in [-0.3, -0.25) is 9.05 Å². The molecule has 0 aromatic carbocycles. The van der Waals surface area contributed by atoms with E-state index in [1.807, 2.05) is 20.8 Å². The van der Waals surface area contributed by atoms with Crippen molar-refractivity contribution in [1.82, 2.24) is 4.67 Å². The highest BCUT2D eigenvalue weighted by Crippen LogP contribution is 2.58. The number of rotatable bonds is 5. The van der Waals surface area contributed by atoms with E-state index in [1.165, 1.54) is 0 Å². The fraction of sp³-hybridized carbons (Fsp3) is 1.00. The summed E-state index contributed by atoms with van der Waals surface area (Å²) in [5, 5.41) is 0. The zero-order valence-electron chi connectivity index (χ0n) is 7.82. The van der Waals surface area contributed by atoms with Gasteiger partial charge in [-0.1, -0.05) is 0 Å². The number of nitrogens with zero attached hydrogens (tertiary/aromatic N) is 1.